The van der Waals surface area contributed by atoms with Crippen LogP contribution >= 0.6 is 37.2 Å². The summed E-state index contributed by atoms with van der Waals surface area (Å²) in [4.78, 5) is 11.5. The molecule has 0 fully saturated rings. The molecule has 0 aliphatic carbocycles. The van der Waals surface area contributed by atoms with Gasteiger partial charge >= 0.3 is 0 Å². The van der Waals surface area contributed by atoms with Crippen LogP contribution in [0, 0.1) is 6.92 Å². The fourth-order valence-electron chi connectivity index (χ4n) is 1.86. The summed E-state index contributed by atoms with van der Waals surface area (Å²) in [5.41, 5.74) is 3.64. The van der Waals surface area contributed by atoms with Crippen LogP contribution in [0.3, 0.4) is 0 Å². The molecule has 0 spiro atoms. The molecule has 2 rings (SSSR count). The zero-order valence-corrected chi connectivity index (χ0v) is 13.7. The number of nitrogens with one attached hydrogen (secondary N) is 1. The Bertz CT molecular complexity index is 379. The molecule has 4 heteroatoms. The Kier molecular flexibility index (Phi) is 6.02. The van der Waals surface area contributed by atoms with Gasteiger partial charge in [-0.05, 0) is 31.9 Å². The van der Waals surface area contributed by atoms with Crippen molar-refractivity contribution in [2.75, 3.05) is 5.32 Å². The highest BCUT2D eigenvalue weighted by Gasteiger charge is 2.18. The molecular weight excluding hydrogens is 428 g/mol. The van der Waals surface area contributed by atoms with Gasteiger partial charge < -0.3 is 5.32 Å². The SMILES string of the molecule is Cc1ccc2c(c1)CCC(=O)C(C)N2.II. The number of ketones is 1. The quantitative estimate of drug-likeness (QED) is 0.613. The second-order valence-corrected chi connectivity index (χ2v) is 3.99. The topological polar surface area (TPSA) is 29.1 Å². The first kappa shape index (κ1) is 14.2. The summed E-state index contributed by atoms with van der Waals surface area (Å²) in [6.07, 6.45) is 1.53. The molecule has 0 radical (unpaired) electrons. The molecule has 1 aliphatic rings. The number of carbonyl (C=O) groups is 1. The number of benzene rings is 1. The Morgan fingerprint density at radius 3 is 2.69 bits per heavy atom. The number of halogens is 2. The summed E-state index contributed by atoms with van der Waals surface area (Å²) in [5.74, 6) is 0.304. The summed E-state index contributed by atoms with van der Waals surface area (Å²) in [6, 6.07) is 6.26. The molecule has 0 aromatic heterocycles. The van der Waals surface area contributed by atoms with Gasteiger partial charge in [0, 0.05) is 49.3 Å². The third-order valence-corrected chi connectivity index (χ3v) is 2.76. The third-order valence-electron chi connectivity index (χ3n) is 2.76. The summed E-state index contributed by atoms with van der Waals surface area (Å²) in [6.45, 7) is 4.01. The number of fused-ring (bicyclic) bond motifs is 1. The van der Waals surface area contributed by atoms with E-state index < -0.39 is 0 Å². The zero-order chi connectivity index (χ0) is 12.1. The molecular formula is C12H15I2NO. The first-order chi connectivity index (χ1) is 7.66. The van der Waals surface area contributed by atoms with Crippen LogP contribution in [-0.4, -0.2) is 11.8 Å². The van der Waals surface area contributed by atoms with Gasteiger partial charge in [-0.1, -0.05) is 17.7 Å². The van der Waals surface area contributed by atoms with Crippen LogP contribution in [0.2, 0.25) is 0 Å². The fraction of sp³-hybridized carbons (Fsp3) is 0.417. The van der Waals surface area contributed by atoms with Crippen molar-refractivity contribution >= 4 is 48.7 Å². The number of rotatable bonds is 0. The molecule has 0 amide bonds. The van der Waals surface area contributed by atoms with E-state index in [4.69, 9.17) is 0 Å². The van der Waals surface area contributed by atoms with Crippen molar-refractivity contribution < 1.29 is 4.79 Å². The Hall–Kier alpha value is 0.150. The van der Waals surface area contributed by atoms with E-state index in [0.29, 0.717) is 12.2 Å². The van der Waals surface area contributed by atoms with Crippen LogP contribution in [0.25, 0.3) is 0 Å². The molecule has 1 atom stereocenters. The van der Waals surface area contributed by atoms with Crippen LogP contribution in [-0.2, 0) is 11.2 Å². The first-order valence-corrected chi connectivity index (χ1v) is 11.5. The number of hydrogen-bond acceptors (Lipinski definition) is 2. The Labute approximate surface area is 120 Å². The van der Waals surface area contributed by atoms with E-state index in [1.165, 1.54) is 11.1 Å². The highest BCUT2D eigenvalue weighted by Crippen LogP contribution is 2.23. The lowest BCUT2D eigenvalue weighted by atomic mass is 10.0. The molecule has 0 saturated heterocycles. The number of aryl methyl sites for hydroxylation is 2. The molecule has 1 aromatic rings. The van der Waals surface area contributed by atoms with Gasteiger partial charge in [0.25, 0.3) is 0 Å². The summed E-state index contributed by atoms with van der Waals surface area (Å²) in [7, 11) is 0. The number of Topliss-reactive ketones (excluding diaryl/α,β-unsaturated/α-hetero) is 1. The van der Waals surface area contributed by atoms with Crippen molar-refractivity contribution in [2.24, 2.45) is 0 Å². The van der Waals surface area contributed by atoms with Gasteiger partial charge in [-0.2, -0.15) is 0 Å². The van der Waals surface area contributed by atoms with Crippen molar-refractivity contribution in [3.8, 4) is 0 Å². The van der Waals surface area contributed by atoms with E-state index in [2.05, 4.69) is 67.7 Å². The van der Waals surface area contributed by atoms with Gasteiger partial charge in [0.05, 0.1) is 6.04 Å². The predicted octanol–water partition coefficient (Wildman–Crippen LogP) is 4.08. The summed E-state index contributed by atoms with van der Waals surface area (Å²) < 4.78 is 0. The maximum atomic E-state index is 11.5. The molecule has 88 valence electrons. The molecule has 1 N–H and O–H groups in total. The summed E-state index contributed by atoms with van der Waals surface area (Å²) >= 11 is 4.24. The molecule has 16 heavy (non-hydrogen) atoms. The third kappa shape index (κ3) is 3.58. The van der Waals surface area contributed by atoms with E-state index in [1.807, 2.05) is 6.92 Å². The normalized spacial score (nSPS) is 18.8. The van der Waals surface area contributed by atoms with Gasteiger partial charge in [0.2, 0.25) is 0 Å². The van der Waals surface area contributed by atoms with E-state index in [0.717, 1.165) is 12.1 Å². The highest BCUT2D eigenvalue weighted by atomic mass is 128. The van der Waals surface area contributed by atoms with E-state index in [-0.39, 0.29) is 6.04 Å². The maximum absolute atomic E-state index is 11.5. The lowest BCUT2D eigenvalue weighted by Crippen LogP contribution is -2.24. The van der Waals surface area contributed by atoms with E-state index in [1.54, 1.807) is 0 Å². The van der Waals surface area contributed by atoms with Crippen LogP contribution in [0.15, 0.2) is 18.2 Å². The van der Waals surface area contributed by atoms with Gasteiger partial charge in [0.1, 0.15) is 0 Å². The number of carbonyl (C=O) groups excluding carboxylic acids is 1. The highest BCUT2D eigenvalue weighted by molar-refractivity contribution is 15.0. The molecule has 1 aliphatic heterocycles. The van der Waals surface area contributed by atoms with Crippen molar-refractivity contribution in [2.45, 2.75) is 32.7 Å². The molecule has 2 nitrogen and oxygen atoms in total. The Morgan fingerprint density at radius 1 is 1.31 bits per heavy atom. The zero-order valence-electron chi connectivity index (χ0n) is 9.39. The van der Waals surface area contributed by atoms with Gasteiger partial charge in [-0.25, -0.2) is 0 Å². The van der Waals surface area contributed by atoms with E-state index in [9.17, 15) is 4.79 Å². The second-order valence-electron chi connectivity index (χ2n) is 3.99. The largest absolute Gasteiger partial charge is 0.375 e. The molecule has 1 heterocycles. The van der Waals surface area contributed by atoms with Gasteiger partial charge in [0.15, 0.2) is 5.78 Å². The molecule has 0 bridgehead atoms. The average Bonchev–Trinajstić information content (AvgIpc) is 2.43. The van der Waals surface area contributed by atoms with Crippen LogP contribution in [0.5, 0.6) is 0 Å². The molecule has 1 aromatic carbocycles. The van der Waals surface area contributed by atoms with Crippen molar-refractivity contribution in [3.05, 3.63) is 29.3 Å². The monoisotopic (exact) mass is 443 g/mol. The van der Waals surface area contributed by atoms with Crippen LogP contribution in [0.1, 0.15) is 24.5 Å². The van der Waals surface area contributed by atoms with Crippen molar-refractivity contribution in [1.29, 1.82) is 0 Å². The van der Waals surface area contributed by atoms with Crippen molar-refractivity contribution in [1.82, 2.24) is 0 Å². The predicted molar refractivity (Wildman–Crippen MR) is 85.6 cm³/mol. The second kappa shape index (κ2) is 6.78. The Morgan fingerprint density at radius 2 is 2.00 bits per heavy atom. The number of anilines is 1. The number of hydrogen-bond donors (Lipinski definition) is 1. The standard InChI is InChI=1S/C12H15NO.I2/c1-8-3-5-11-10(7-8)4-6-12(14)9(2)13-11;1-2/h3,5,7,9,13H,4,6H2,1-2H3;. The van der Waals surface area contributed by atoms with Gasteiger partial charge in [-0.15, -0.1) is 0 Å². The average molecular weight is 443 g/mol. The maximum Gasteiger partial charge on any atom is 0.155 e. The first-order valence-electron chi connectivity index (χ1n) is 5.20. The molecule has 1 unspecified atom stereocenters. The minimum atomic E-state index is -0.0426. The fourth-order valence-corrected chi connectivity index (χ4v) is 1.86. The summed E-state index contributed by atoms with van der Waals surface area (Å²) in [5, 5.41) is 3.25. The van der Waals surface area contributed by atoms with Crippen molar-refractivity contribution in [3.63, 3.8) is 0 Å². The lowest BCUT2D eigenvalue weighted by Gasteiger charge is -2.12. The molecule has 0 saturated carbocycles. The minimum absolute atomic E-state index is 0.0426. The minimum Gasteiger partial charge on any atom is -0.375 e. The Balaban J connectivity index is 0.000000606. The van der Waals surface area contributed by atoms with Crippen LogP contribution < -0.4 is 5.32 Å². The van der Waals surface area contributed by atoms with Crippen LogP contribution in [0.4, 0.5) is 5.69 Å². The smallest absolute Gasteiger partial charge is 0.155 e. The lowest BCUT2D eigenvalue weighted by molar-refractivity contribution is -0.119. The van der Waals surface area contributed by atoms with E-state index >= 15 is 0 Å². The van der Waals surface area contributed by atoms with Gasteiger partial charge in [-0.3, -0.25) is 4.79 Å².